The molecule has 1 N–H and O–H groups in total. The summed E-state index contributed by atoms with van der Waals surface area (Å²) in [5.74, 6) is -1.01. The van der Waals surface area contributed by atoms with Crippen molar-refractivity contribution in [2.75, 3.05) is 0 Å². The second-order valence-electron chi connectivity index (χ2n) is 3.68. The van der Waals surface area contributed by atoms with Gasteiger partial charge in [0.1, 0.15) is 0 Å². The first kappa shape index (κ1) is 12.1. The highest BCUT2D eigenvalue weighted by molar-refractivity contribution is 7.15. The standard InChI is InChI=1S/C12H10ClNO2S/c1-6-3-4-8(5-9(6)13)11-10(12(15)16)14-7(2)17-11/h3-5H,1-2H3,(H,15,16). The molecule has 88 valence electrons. The number of aromatic nitrogens is 1. The molecule has 0 saturated heterocycles. The molecule has 0 aliphatic carbocycles. The quantitative estimate of drug-likeness (QED) is 0.901. The molecule has 0 aliphatic rings. The third-order valence-electron chi connectivity index (χ3n) is 2.37. The Morgan fingerprint density at radius 3 is 2.71 bits per heavy atom. The van der Waals surface area contributed by atoms with E-state index in [1.54, 1.807) is 13.0 Å². The molecule has 5 heteroatoms. The van der Waals surface area contributed by atoms with Gasteiger partial charge in [0.2, 0.25) is 0 Å². The zero-order valence-corrected chi connectivity index (χ0v) is 10.9. The van der Waals surface area contributed by atoms with Crippen LogP contribution in [-0.4, -0.2) is 16.1 Å². The molecule has 0 radical (unpaired) electrons. The minimum atomic E-state index is -1.01. The van der Waals surface area contributed by atoms with Gasteiger partial charge in [0.15, 0.2) is 5.69 Å². The van der Waals surface area contributed by atoms with E-state index < -0.39 is 5.97 Å². The highest BCUT2D eigenvalue weighted by atomic mass is 35.5. The van der Waals surface area contributed by atoms with Crippen LogP contribution in [0.5, 0.6) is 0 Å². The van der Waals surface area contributed by atoms with E-state index in [1.165, 1.54) is 11.3 Å². The van der Waals surface area contributed by atoms with Gasteiger partial charge in [-0.1, -0.05) is 23.7 Å². The van der Waals surface area contributed by atoms with Crippen molar-refractivity contribution in [2.45, 2.75) is 13.8 Å². The molecule has 0 atom stereocenters. The minimum Gasteiger partial charge on any atom is -0.476 e. The van der Waals surface area contributed by atoms with Crippen molar-refractivity contribution in [3.05, 3.63) is 39.5 Å². The van der Waals surface area contributed by atoms with Crippen molar-refractivity contribution in [1.82, 2.24) is 4.98 Å². The topological polar surface area (TPSA) is 50.2 Å². The van der Waals surface area contributed by atoms with Gasteiger partial charge >= 0.3 is 5.97 Å². The van der Waals surface area contributed by atoms with Crippen LogP contribution in [0.2, 0.25) is 5.02 Å². The molecular formula is C12H10ClNO2S. The fourth-order valence-electron chi connectivity index (χ4n) is 1.50. The lowest BCUT2D eigenvalue weighted by atomic mass is 10.1. The third kappa shape index (κ3) is 2.33. The predicted octanol–water partition coefficient (Wildman–Crippen LogP) is 3.78. The van der Waals surface area contributed by atoms with Gasteiger partial charge < -0.3 is 5.11 Å². The molecule has 2 aromatic rings. The fraction of sp³-hybridized carbons (Fsp3) is 0.167. The molecule has 1 heterocycles. The van der Waals surface area contributed by atoms with E-state index in [2.05, 4.69) is 4.98 Å². The SMILES string of the molecule is Cc1nc(C(=O)O)c(-c2ccc(C)c(Cl)c2)s1. The average molecular weight is 268 g/mol. The highest BCUT2D eigenvalue weighted by Crippen LogP contribution is 2.32. The Hall–Kier alpha value is -1.39. The lowest BCUT2D eigenvalue weighted by molar-refractivity contribution is 0.0692. The Bertz CT molecular complexity index is 592. The molecular weight excluding hydrogens is 258 g/mol. The molecule has 0 bridgehead atoms. The molecule has 1 aromatic heterocycles. The summed E-state index contributed by atoms with van der Waals surface area (Å²) in [4.78, 5) is 15.7. The zero-order chi connectivity index (χ0) is 12.6. The summed E-state index contributed by atoms with van der Waals surface area (Å²) in [6, 6.07) is 5.51. The Morgan fingerprint density at radius 1 is 1.41 bits per heavy atom. The summed E-state index contributed by atoms with van der Waals surface area (Å²) in [5.41, 5.74) is 1.85. The maximum Gasteiger partial charge on any atom is 0.356 e. The van der Waals surface area contributed by atoms with E-state index in [0.717, 1.165) is 16.1 Å². The first-order chi connectivity index (χ1) is 7.99. The van der Waals surface area contributed by atoms with E-state index in [4.69, 9.17) is 16.7 Å². The monoisotopic (exact) mass is 267 g/mol. The van der Waals surface area contributed by atoms with Gasteiger partial charge in [0.05, 0.1) is 9.88 Å². The molecule has 17 heavy (non-hydrogen) atoms. The average Bonchev–Trinajstić information content (AvgIpc) is 2.64. The van der Waals surface area contributed by atoms with Crippen LogP contribution in [0.3, 0.4) is 0 Å². The molecule has 0 saturated carbocycles. The molecule has 3 nitrogen and oxygen atoms in total. The molecule has 0 unspecified atom stereocenters. The van der Waals surface area contributed by atoms with Gasteiger partial charge in [-0.05, 0) is 31.0 Å². The molecule has 0 fully saturated rings. The number of aryl methyl sites for hydroxylation is 2. The van der Waals surface area contributed by atoms with E-state index >= 15 is 0 Å². The second kappa shape index (κ2) is 4.47. The molecule has 0 aliphatic heterocycles. The number of benzene rings is 1. The lowest BCUT2D eigenvalue weighted by Gasteiger charge is -2.02. The van der Waals surface area contributed by atoms with Gasteiger partial charge in [0, 0.05) is 5.02 Å². The molecule has 1 aromatic carbocycles. The summed E-state index contributed by atoms with van der Waals surface area (Å²) in [5, 5.41) is 10.4. The van der Waals surface area contributed by atoms with Crippen molar-refractivity contribution in [3.63, 3.8) is 0 Å². The highest BCUT2D eigenvalue weighted by Gasteiger charge is 2.17. The van der Waals surface area contributed by atoms with Gasteiger partial charge in [-0.15, -0.1) is 11.3 Å². The number of rotatable bonds is 2. The van der Waals surface area contributed by atoms with Gasteiger partial charge in [-0.3, -0.25) is 0 Å². The van der Waals surface area contributed by atoms with Crippen molar-refractivity contribution >= 4 is 28.9 Å². The van der Waals surface area contributed by atoms with E-state index in [1.807, 2.05) is 19.1 Å². The summed E-state index contributed by atoms with van der Waals surface area (Å²) >= 11 is 7.40. The first-order valence-corrected chi connectivity index (χ1v) is 6.15. The maximum atomic E-state index is 11.1. The number of thiazole rings is 1. The first-order valence-electron chi connectivity index (χ1n) is 4.96. The largest absolute Gasteiger partial charge is 0.476 e. The van der Waals surface area contributed by atoms with Gasteiger partial charge in [-0.2, -0.15) is 0 Å². The smallest absolute Gasteiger partial charge is 0.356 e. The summed E-state index contributed by atoms with van der Waals surface area (Å²) in [6.45, 7) is 3.69. The Kier molecular flexibility index (Phi) is 3.17. The van der Waals surface area contributed by atoms with Gasteiger partial charge in [0.25, 0.3) is 0 Å². The van der Waals surface area contributed by atoms with Crippen LogP contribution in [0.4, 0.5) is 0 Å². The normalized spacial score (nSPS) is 10.5. The Morgan fingerprint density at radius 2 is 2.12 bits per heavy atom. The molecule has 2 rings (SSSR count). The number of carbonyl (C=O) groups is 1. The number of carboxylic acid groups (broad SMARTS) is 1. The van der Waals surface area contributed by atoms with E-state index in [0.29, 0.717) is 9.90 Å². The Balaban J connectivity index is 2.59. The summed E-state index contributed by atoms with van der Waals surface area (Å²) in [7, 11) is 0. The number of aromatic carboxylic acids is 1. The van der Waals surface area contributed by atoms with Gasteiger partial charge in [-0.25, -0.2) is 9.78 Å². The van der Waals surface area contributed by atoms with Crippen LogP contribution in [-0.2, 0) is 0 Å². The van der Waals surface area contributed by atoms with E-state index in [-0.39, 0.29) is 5.69 Å². The van der Waals surface area contributed by atoms with Crippen LogP contribution in [0.25, 0.3) is 10.4 Å². The summed E-state index contributed by atoms with van der Waals surface area (Å²) < 4.78 is 0. The lowest BCUT2D eigenvalue weighted by Crippen LogP contribution is -1.98. The fourth-order valence-corrected chi connectivity index (χ4v) is 2.59. The second-order valence-corrected chi connectivity index (χ2v) is 5.29. The van der Waals surface area contributed by atoms with Crippen LogP contribution in [0.15, 0.2) is 18.2 Å². The third-order valence-corrected chi connectivity index (χ3v) is 3.80. The number of halogens is 1. The molecule has 0 amide bonds. The van der Waals surface area contributed by atoms with Crippen molar-refractivity contribution in [2.24, 2.45) is 0 Å². The number of nitrogens with zero attached hydrogens (tertiary/aromatic N) is 1. The Labute approximate surface area is 108 Å². The van der Waals surface area contributed by atoms with Crippen molar-refractivity contribution in [3.8, 4) is 10.4 Å². The van der Waals surface area contributed by atoms with Crippen LogP contribution < -0.4 is 0 Å². The van der Waals surface area contributed by atoms with Crippen molar-refractivity contribution in [1.29, 1.82) is 0 Å². The maximum absolute atomic E-state index is 11.1. The van der Waals surface area contributed by atoms with Crippen molar-refractivity contribution < 1.29 is 9.90 Å². The van der Waals surface area contributed by atoms with Crippen LogP contribution in [0, 0.1) is 13.8 Å². The summed E-state index contributed by atoms with van der Waals surface area (Å²) in [6.07, 6.45) is 0. The van der Waals surface area contributed by atoms with Crippen LogP contribution >= 0.6 is 22.9 Å². The van der Waals surface area contributed by atoms with Crippen LogP contribution in [0.1, 0.15) is 21.1 Å². The van der Waals surface area contributed by atoms with E-state index in [9.17, 15) is 4.79 Å². The predicted molar refractivity (Wildman–Crippen MR) is 69.0 cm³/mol. The number of hydrogen-bond acceptors (Lipinski definition) is 3. The number of carboxylic acids is 1. The zero-order valence-electron chi connectivity index (χ0n) is 9.32. The molecule has 0 spiro atoms. The number of hydrogen-bond donors (Lipinski definition) is 1. The minimum absolute atomic E-state index is 0.0902.